The van der Waals surface area contributed by atoms with Crippen molar-refractivity contribution in [3.63, 3.8) is 0 Å². The number of alkyl halides is 4. The lowest BCUT2D eigenvalue weighted by Crippen LogP contribution is -2.43. The van der Waals surface area contributed by atoms with E-state index < -0.39 is 17.8 Å². The van der Waals surface area contributed by atoms with Gasteiger partial charge in [-0.25, -0.2) is 4.39 Å². The van der Waals surface area contributed by atoms with Crippen LogP contribution in [-0.4, -0.2) is 36.9 Å². The Labute approximate surface area is 140 Å². The predicted molar refractivity (Wildman–Crippen MR) is 85.8 cm³/mol. The van der Waals surface area contributed by atoms with Crippen LogP contribution in [0, 0.1) is 5.92 Å². The van der Waals surface area contributed by atoms with Crippen LogP contribution >= 0.6 is 0 Å². The molecule has 0 aliphatic heterocycles. The minimum atomic E-state index is -4.20. The molecule has 0 aromatic heterocycles. The van der Waals surface area contributed by atoms with E-state index in [9.17, 15) is 17.6 Å². The Kier molecular flexibility index (Phi) is 6.12. The normalized spacial score (nSPS) is 25.0. The minimum absolute atomic E-state index is 0.0176. The zero-order valence-electron chi connectivity index (χ0n) is 14.2. The van der Waals surface area contributed by atoms with Crippen LogP contribution in [0.5, 0.6) is 5.75 Å². The molecule has 1 aliphatic carbocycles. The predicted octanol–water partition coefficient (Wildman–Crippen LogP) is 4.98. The fraction of sp³-hybridized carbons (Fsp3) is 0.667. The third kappa shape index (κ3) is 5.10. The summed E-state index contributed by atoms with van der Waals surface area (Å²) < 4.78 is 58.3. The first kappa shape index (κ1) is 19.0. The highest BCUT2D eigenvalue weighted by atomic mass is 19.4. The average molecular weight is 347 g/mol. The number of hydrogen-bond donors (Lipinski definition) is 0. The van der Waals surface area contributed by atoms with Crippen molar-refractivity contribution in [3.05, 3.63) is 29.8 Å². The molecule has 0 heterocycles. The molecule has 0 amide bonds. The monoisotopic (exact) mass is 347 g/mol. The topological polar surface area (TPSA) is 12.5 Å². The maximum absolute atomic E-state index is 15.0. The maximum atomic E-state index is 15.0. The van der Waals surface area contributed by atoms with Crippen LogP contribution in [-0.2, 0) is 6.54 Å². The zero-order valence-corrected chi connectivity index (χ0v) is 14.2. The Bertz CT molecular complexity index is 507. The van der Waals surface area contributed by atoms with Gasteiger partial charge in [0.15, 0.2) is 0 Å². The van der Waals surface area contributed by atoms with Crippen molar-refractivity contribution < 1.29 is 22.3 Å². The SMILES string of the molecule is CCN(Cc1ccc(OC)cc1)CC1(F)CCC(C(F)(F)F)CC1. The second-order valence-electron chi connectivity index (χ2n) is 6.62. The molecule has 1 aromatic carbocycles. The number of nitrogens with zero attached hydrogens (tertiary/aromatic N) is 1. The first-order valence-corrected chi connectivity index (χ1v) is 8.36. The van der Waals surface area contributed by atoms with Crippen molar-refractivity contribution >= 4 is 0 Å². The molecule has 0 spiro atoms. The summed E-state index contributed by atoms with van der Waals surface area (Å²) in [5, 5.41) is 0. The highest BCUT2D eigenvalue weighted by Gasteiger charge is 2.46. The summed E-state index contributed by atoms with van der Waals surface area (Å²) in [7, 11) is 1.59. The Balaban J connectivity index is 1.92. The van der Waals surface area contributed by atoms with Gasteiger partial charge in [0.2, 0.25) is 0 Å². The summed E-state index contributed by atoms with van der Waals surface area (Å²) in [5.41, 5.74) is -0.491. The first-order valence-electron chi connectivity index (χ1n) is 8.36. The maximum Gasteiger partial charge on any atom is 0.391 e. The molecule has 0 atom stereocenters. The van der Waals surface area contributed by atoms with Crippen molar-refractivity contribution in [1.29, 1.82) is 0 Å². The largest absolute Gasteiger partial charge is 0.497 e. The van der Waals surface area contributed by atoms with Gasteiger partial charge in [0, 0.05) is 13.1 Å². The van der Waals surface area contributed by atoms with Crippen molar-refractivity contribution in [1.82, 2.24) is 4.90 Å². The van der Waals surface area contributed by atoms with E-state index in [2.05, 4.69) is 0 Å². The molecule has 0 unspecified atom stereocenters. The second-order valence-corrected chi connectivity index (χ2v) is 6.62. The molecule has 1 saturated carbocycles. The van der Waals surface area contributed by atoms with E-state index in [0.29, 0.717) is 13.1 Å². The molecular weight excluding hydrogens is 322 g/mol. The lowest BCUT2D eigenvalue weighted by atomic mass is 9.79. The molecule has 1 fully saturated rings. The molecule has 2 nitrogen and oxygen atoms in total. The summed E-state index contributed by atoms with van der Waals surface area (Å²) in [6, 6.07) is 7.55. The van der Waals surface area contributed by atoms with Crippen LogP contribution in [0.15, 0.2) is 24.3 Å². The first-order chi connectivity index (χ1) is 11.3. The standard InChI is InChI=1S/C18H25F4NO/c1-3-23(12-14-4-6-16(24-2)7-5-14)13-17(19)10-8-15(9-11-17)18(20,21)22/h4-7,15H,3,8-13H2,1-2H3. The zero-order chi connectivity index (χ0) is 17.8. The molecule has 24 heavy (non-hydrogen) atoms. The quantitative estimate of drug-likeness (QED) is 0.673. The number of ether oxygens (including phenoxy) is 1. The van der Waals surface area contributed by atoms with Gasteiger partial charge >= 0.3 is 6.18 Å². The van der Waals surface area contributed by atoms with E-state index in [0.717, 1.165) is 11.3 Å². The molecule has 0 bridgehead atoms. The highest BCUT2D eigenvalue weighted by molar-refractivity contribution is 5.27. The van der Waals surface area contributed by atoms with Crippen LogP contribution in [0.1, 0.15) is 38.2 Å². The number of methoxy groups -OCH3 is 1. The van der Waals surface area contributed by atoms with Crippen LogP contribution in [0.4, 0.5) is 17.6 Å². The molecule has 1 aromatic rings. The number of benzene rings is 1. The Morgan fingerprint density at radius 1 is 1.17 bits per heavy atom. The van der Waals surface area contributed by atoms with Gasteiger partial charge in [0.1, 0.15) is 11.4 Å². The Morgan fingerprint density at radius 2 is 1.75 bits per heavy atom. The summed E-state index contributed by atoms with van der Waals surface area (Å²) in [6.45, 7) is 3.35. The smallest absolute Gasteiger partial charge is 0.391 e. The lowest BCUT2D eigenvalue weighted by Gasteiger charge is -2.37. The summed E-state index contributed by atoms with van der Waals surface area (Å²) in [6.07, 6.45) is -4.46. The average Bonchev–Trinajstić information content (AvgIpc) is 2.54. The van der Waals surface area contributed by atoms with Crippen LogP contribution in [0.2, 0.25) is 0 Å². The van der Waals surface area contributed by atoms with Gasteiger partial charge in [-0.05, 0) is 49.9 Å². The molecule has 0 N–H and O–H groups in total. The van der Waals surface area contributed by atoms with Gasteiger partial charge in [0.05, 0.1) is 13.0 Å². The van der Waals surface area contributed by atoms with Crippen molar-refractivity contribution in [2.45, 2.75) is 51.0 Å². The molecule has 2 rings (SSSR count). The summed E-state index contributed by atoms with van der Waals surface area (Å²) >= 11 is 0. The third-order valence-electron chi connectivity index (χ3n) is 4.86. The summed E-state index contributed by atoms with van der Waals surface area (Å²) in [4.78, 5) is 1.95. The Hall–Kier alpha value is -1.30. The number of hydrogen-bond acceptors (Lipinski definition) is 2. The molecule has 0 radical (unpaired) electrons. The van der Waals surface area contributed by atoms with Gasteiger partial charge in [-0.2, -0.15) is 13.2 Å². The van der Waals surface area contributed by atoms with Gasteiger partial charge in [0.25, 0.3) is 0 Å². The number of rotatable bonds is 6. The number of halogens is 4. The van der Waals surface area contributed by atoms with Gasteiger partial charge < -0.3 is 4.74 Å². The van der Waals surface area contributed by atoms with E-state index in [4.69, 9.17) is 4.74 Å². The fourth-order valence-electron chi connectivity index (χ4n) is 3.29. The Morgan fingerprint density at radius 3 is 2.21 bits per heavy atom. The van der Waals surface area contributed by atoms with Crippen LogP contribution < -0.4 is 4.74 Å². The van der Waals surface area contributed by atoms with Crippen molar-refractivity contribution in [2.75, 3.05) is 20.2 Å². The molecule has 6 heteroatoms. The van der Waals surface area contributed by atoms with Gasteiger partial charge in [-0.3, -0.25) is 4.90 Å². The third-order valence-corrected chi connectivity index (χ3v) is 4.86. The van der Waals surface area contributed by atoms with E-state index in [1.165, 1.54) is 0 Å². The van der Waals surface area contributed by atoms with Crippen LogP contribution in [0.3, 0.4) is 0 Å². The van der Waals surface area contributed by atoms with Gasteiger partial charge in [-0.15, -0.1) is 0 Å². The van der Waals surface area contributed by atoms with Crippen molar-refractivity contribution in [3.8, 4) is 5.75 Å². The minimum Gasteiger partial charge on any atom is -0.497 e. The van der Waals surface area contributed by atoms with Crippen molar-refractivity contribution in [2.24, 2.45) is 5.92 Å². The van der Waals surface area contributed by atoms with Crippen LogP contribution in [0.25, 0.3) is 0 Å². The van der Waals surface area contributed by atoms with E-state index in [1.54, 1.807) is 7.11 Å². The van der Waals surface area contributed by atoms with E-state index in [-0.39, 0.29) is 32.2 Å². The molecule has 1 aliphatic rings. The van der Waals surface area contributed by atoms with Gasteiger partial charge in [-0.1, -0.05) is 19.1 Å². The fourth-order valence-corrected chi connectivity index (χ4v) is 3.29. The lowest BCUT2D eigenvalue weighted by molar-refractivity contribution is -0.188. The highest BCUT2D eigenvalue weighted by Crippen LogP contribution is 2.43. The molecular formula is C18H25F4NO. The van der Waals surface area contributed by atoms with E-state index in [1.807, 2.05) is 36.1 Å². The second kappa shape index (κ2) is 7.72. The van der Waals surface area contributed by atoms with E-state index >= 15 is 0 Å². The molecule has 136 valence electrons. The molecule has 0 saturated heterocycles. The summed E-state index contributed by atoms with van der Waals surface area (Å²) in [5.74, 6) is -0.590.